The lowest BCUT2D eigenvalue weighted by Gasteiger charge is -2.21. The van der Waals surface area contributed by atoms with Crippen LogP contribution in [0.3, 0.4) is 0 Å². The van der Waals surface area contributed by atoms with Crippen LogP contribution in [0.25, 0.3) is 16.7 Å². The molecule has 9 heteroatoms. The molecule has 0 fully saturated rings. The zero-order chi connectivity index (χ0) is 26.4. The molecule has 0 heterocycles. The fourth-order valence-electron chi connectivity index (χ4n) is 4.41. The first-order valence-electron chi connectivity index (χ1n) is 11.8. The lowest BCUT2D eigenvalue weighted by molar-refractivity contribution is -0.127. The van der Waals surface area contributed by atoms with Gasteiger partial charge in [-0.15, -0.1) is 0 Å². The number of hydrogen-bond acceptors (Lipinski definition) is 5. The van der Waals surface area contributed by atoms with Gasteiger partial charge in [-0.05, 0) is 46.9 Å². The maximum Gasteiger partial charge on any atom is 0.407 e. The minimum Gasteiger partial charge on any atom is -0.508 e. The van der Waals surface area contributed by atoms with Gasteiger partial charge < -0.3 is 26.0 Å². The number of phenols is 1. The molecule has 0 unspecified atom stereocenters. The van der Waals surface area contributed by atoms with Gasteiger partial charge in [-0.2, -0.15) is 4.79 Å². The number of Topliss-reactive ketones (excluding diaryl/α,β-unsaturated/α-hetero) is 1. The standard InChI is InChI=1S/C28H26N4O5/c1-17(26(34)15-30-29)31-27(35)25(14-18-10-12-19(33)13-11-18)32-28(36)37-16-24-22-8-4-2-6-20(22)21-7-3-5-9-23(21)24/h2-13,15,17,24-25,33H,14,16H2,1H3,(H,31,35)(H,32,36)/t17-,25-/m1/s1. The first-order chi connectivity index (χ1) is 17.9. The lowest BCUT2D eigenvalue weighted by atomic mass is 9.98. The Morgan fingerprint density at radius 1 is 0.973 bits per heavy atom. The molecule has 0 spiro atoms. The third-order valence-corrected chi connectivity index (χ3v) is 6.30. The van der Waals surface area contributed by atoms with Crippen LogP contribution in [0.15, 0.2) is 72.8 Å². The van der Waals surface area contributed by atoms with Crippen LogP contribution in [0.1, 0.15) is 29.5 Å². The summed E-state index contributed by atoms with van der Waals surface area (Å²) < 4.78 is 5.58. The van der Waals surface area contributed by atoms with Crippen molar-refractivity contribution in [2.75, 3.05) is 6.61 Å². The Morgan fingerprint density at radius 2 is 1.57 bits per heavy atom. The topological polar surface area (TPSA) is 141 Å². The Hall–Kier alpha value is -4.75. The zero-order valence-electron chi connectivity index (χ0n) is 20.1. The Kier molecular flexibility index (Phi) is 7.76. The summed E-state index contributed by atoms with van der Waals surface area (Å²) in [4.78, 5) is 40.4. The normalized spacial score (nSPS) is 13.3. The monoisotopic (exact) mass is 498 g/mol. The average molecular weight is 499 g/mol. The van der Waals surface area contributed by atoms with Gasteiger partial charge in [0.05, 0.1) is 6.04 Å². The predicted molar refractivity (Wildman–Crippen MR) is 136 cm³/mol. The summed E-state index contributed by atoms with van der Waals surface area (Å²) in [5.41, 5.74) is 13.6. The highest BCUT2D eigenvalue weighted by molar-refractivity contribution is 6.28. The van der Waals surface area contributed by atoms with Crippen molar-refractivity contribution in [1.82, 2.24) is 10.6 Å². The molecule has 188 valence electrons. The van der Waals surface area contributed by atoms with E-state index in [1.165, 1.54) is 19.1 Å². The van der Waals surface area contributed by atoms with E-state index in [0.29, 0.717) is 11.8 Å². The number of alkyl carbamates (subject to hydrolysis) is 1. The number of nitrogens with zero attached hydrogens (tertiary/aromatic N) is 2. The minimum atomic E-state index is -1.07. The number of ether oxygens (including phenoxy) is 1. The van der Waals surface area contributed by atoms with Crippen molar-refractivity contribution in [3.8, 4) is 16.9 Å². The van der Waals surface area contributed by atoms with Gasteiger partial charge in [-0.3, -0.25) is 9.59 Å². The molecule has 0 radical (unpaired) electrons. The quantitative estimate of drug-likeness (QED) is 0.236. The lowest BCUT2D eigenvalue weighted by Crippen LogP contribution is -2.52. The third-order valence-electron chi connectivity index (χ3n) is 6.30. The number of ketones is 1. The molecule has 0 saturated carbocycles. The van der Waals surface area contributed by atoms with E-state index < -0.39 is 29.9 Å². The number of nitrogens with one attached hydrogen (secondary N) is 2. The fourth-order valence-corrected chi connectivity index (χ4v) is 4.41. The Labute approximate surface area is 213 Å². The molecule has 3 aromatic carbocycles. The number of hydrogen-bond donors (Lipinski definition) is 3. The second-order valence-corrected chi connectivity index (χ2v) is 8.77. The minimum absolute atomic E-state index is 0.0664. The van der Waals surface area contributed by atoms with Crippen molar-refractivity contribution in [1.29, 1.82) is 0 Å². The van der Waals surface area contributed by atoms with Gasteiger partial charge in [0.2, 0.25) is 5.91 Å². The highest BCUT2D eigenvalue weighted by Crippen LogP contribution is 2.44. The molecule has 0 aliphatic heterocycles. The predicted octanol–water partition coefficient (Wildman–Crippen LogP) is 3.22. The van der Waals surface area contributed by atoms with Gasteiger partial charge in [-0.1, -0.05) is 60.7 Å². The average Bonchev–Trinajstić information content (AvgIpc) is 3.22. The van der Waals surface area contributed by atoms with Crippen LogP contribution in [-0.2, 0) is 20.7 Å². The number of aromatic hydroxyl groups is 1. The van der Waals surface area contributed by atoms with Crippen LogP contribution in [0.5, 0.6) is 5.75 Å². The van der Waals surface area contributed by atoms with E-state index in [2.05, 4.69) is 15.4 Å². The number of carbonyl (C=O) groups is 3. The zero-order valence-corrected chi connectivity index (χ0v) is 20.1. The van der Waals surface area contributed by atoms with Crippen LogP contribution in [0, 0.1) is 0 Å². The summed E-state index contributed by atoms with van der Waals surface area (Å²) in [5.74, 6) is -1.30. The van der Waals surface area contributed by atoms with E-state index in [-0.39, 0.29) is 24.7 Å². The molecule has 2 atom stereocenters. The van der Waals surface area contributed by atoms with Crippen LogP contribution >= 0.6 is 0 Å². The van der Waals surface area contributed by atoms with Gasteiger partial charge in [-0.25, -0.2) is 4.79 Å². The van der Waals surface area contributed by atoms with Gasteiger partial charge in [0, 0.05) is 12.3 Å². The maximum absolute atomic E-state index is 13.0. The molecule has 1 aliphatic rings. The van der Waals surface area contributed by atoms with Gasteiger partial charge in [0.25, 0.3) is 5.78 Å². The van der Waals surface area contributed by atoms with Crippen molar-refractivity contribution in [2.24, 2.45) is 0 Å². The van der Waals surface area contributed by atoms with Crippen molar-refractivity contribution in [2.45, 2.75) is 31.3 Å². The summed E-state index contributed by atoms with van der Waals surface area (Å²) >= 11 is 0. The molecule has 4 rings (SSSR count). The van der Waals surface area contributed by atoms with Crippen LogP contribution in [0.4, 0.5) is 4.79 Å². The second kappa shape index (κ2) is 11.3. The molecule has 37 heavy (non-hydrogen) atoms. The molecule has 0 aromatic heterocycles. The first kappa shape index (κ1) is 25.3. The SMILES string of the molecule is C[C@@H](NC(=O)[C@@H](Cc1ccc(O)cc1)NC(=O)OCC1c2ccccc2-c2ccccc21)C(=O)C=[N+]=[N-]. The van der Waals surface area contributed by atoms with Crippen LogP contribution in [0.2, 0.25) is 0 Å². The van der Waals surface area contributed by atoms with E-state index in [0.717, 1.165) is 22.3 Å². The van der Waals surface area contributed by atoms with Gasteiger partial charge >= 0.3 is 12.3 Å². The molecule has 2 amide bonds. The molecular formula is C28H26N4O5. The molecule has 3 N–H and O–H groups in total. The Morgan fingerprint density at radius 3 is 2.16 bits per heavy atom. The van der Waals surface area contributed by atoms with E-state index in [1.54, 1.807) is 12.1 Å². The summed E-state index contributed by atoms with van der Waals surface area (Å²) in [6.07, 6.45) is 0.00111. The number of rotatable bonds is 9. The van der Waals surface area contributed by atoms with Crippen molar-refractivity contribution in [3.63, 3.8) is 0 Å². The maximum atomic E-state index is 13.0. The first-order valence-corrected chi connectivity index (χ1v) is 11.8. The molecule has 9 nitrogen and oxygen atoms in total. The number of carbonyl (C=O) groups excluding carboxylic acids is 3. The Balaban J connectivity index is 1.46. The summed E-state index contributed by atoms with van der Waals surface area (Å²) in [6, 6.07) is 20.1. The summed E-state index contributed by atoms with van der Waals surface area (Å²) in [7, 11) is 0. The van der Waals surface area contributed by atoms with Crippen molar-refractivity contribution >= 4 is 24.0 Å². The van der Waals surface area contributed by atoms with Crippen LogP contribution in [-0.4, -0.2) is 52.6 Å². The number of amides is 2. The highest BCUT2D eigenvalue weighted by Gasteiger charge is 2.30. The van der Waals surface area contributed by atoms with Crippen molar-refractivity contribution in [3.05, 3.63) is 95.0 Å². The third kappa shape index (κ3) is 5.91. The fraction of sp³-hybridized carbons (Fsp3) is 0.214. The van der Waals surface area contributed by atoms with Gasteiger partial charge in [0.1, 0.15) is 18.4 Å². The molecule has 0 saturated heterocycles. The smallest absolute Gasteiger partial charge is 0.407 e. The van der Waals surface area contributed by atoms with Gasteiger partial charge in [0.15, 0.2) is 0 Å². The number of phenolic OH excluding ortho intramolecular Hbond substituents is 1. The molecule has 0 bridgehead atoms. The molecule has 1 aliphatic carbocycles. The number of fused-ring (bicyclic) bond motifs is 3. The van der Waals surface area contributed by atoms with E-state index in [9.17, 15) is 19.5 Å². The molecular weight excluding hydrogens is 472 g/mol. The Bertz CT molecular complexity index is 1320. The van der Waals surface area contributed by atoms with E-state index in [1.807, 2.05) is 48.5 Å². The highest BCUT2D eigenvalue weighted by atomic mass is 16.5. The van der Waals surface area contributed by atoms with E-state index in [4.69, 9.17) is 10.3 Å². The summed E-state index contributed by atoms with van der Waals surface area (Å²) in [5, 5.41) is 14.7. The van der Waals surface area contributed by atoms with Crippen molar-refractivity contribution < 1.29 is 29.0 Å². The van der Waals surface area contributed by atoms with Crippen LogP contribution < -0.4 is 10.6 Å². The number of benzene rings is 3. The second-order valence-electron chi connectivity index (χ2n) is 8.77. The molecule has 3 aromatic rings. The summed E-state index contributed by atoms with van der Waals surface area (Å²) in [6.45, 7) is 1.52. The largest absolute Gasteiger partial charge is 0.508 e. The van der Waals surface area contributed by atoms with E-state index >= 15 is 0 Å².